The minimum atomic E-state index is 0.842. The van der Waals surface area contributed by atoms with Gasteiger partial charge >= 0.3 is 0 Å². The molecule has 0 saturated carbocycles. The van der Waals surface area contributed by atoms with Crippen LogP contribution >= 0.6 is 0 Å². The third kappa shape index (κ3) is 5.75. The van der Waals surface area contributed by atoms with Crippen molar-refractivity contribution in [1.82, 2.24) is 0 Å². The maximum Gasteiger partial charge on any atom is 0.127 e. The van der Waals surface area contributed by atoms with Crippen LogP contribution in [0.3, 0.4) is 0 Å². The molecule has 0 atom stereocenters. The first kappa shape index (κ1) is 15.2. The van der Waals surface area contributed by atoms with E-state index < -0.39 is 0 Å². The van der Waals surface area contributed by atoms with E-state index in [9.17, 15) is 0 Å². The summed E-state index contributed by atoms with van der Waals surface area (Å²) in [5.41, 5.74) is 1.05. The summed E-state index contributed by atoms with van der Waals surface area (Å²) < 4.78 is 5.76. The summed E-state index contributed by atoms with van der Waals surface area (Å²) in [7, 11) is 0. The Morgan fingerprint density at radius 1 is 0.810 bits per heavy atom. The molecule has 0 heterocycles. The fourth-order valence-electron chi connectivity index (χ4n) is 2.04. The summed E-state index contributed by atoms with van der Waals surface area (Å²) >= 11 is 0. The summed E-state index contributed by atoms with van der Waals surface area (Å²) in [6, 6.07) is 17.8. The van der Waals surface area contributed by atoms with Crippen LogP contribution in [-0.2, 0) is 0 Å². The molecule has 1 heteroatoms. The molecule has 0 spiro atoms. The van der Waals surface area contributed by atoms with Crippen LogP contribution in [0.2, 0.25) is 0 Å². The molecule has 0 N–H and O–H groups in total. The number of para-hydroxylation sites is 1. The molecule has 2 aromatic carbocycles. The van der Waals surface area contributed by atoms with Gasteiger partial charge in [-0.1, -0.05) is 56.2 Å². The zero-order valence-corrected chi connectivity index (χ0v) is 12.6. The summed E-state index contributed by atoms with van der Waals surface area (Å²) in [5, 5.41) is 0. The van der Waals surface area contributed by atoms with Gasteiger partial charge in [0, 0.05) is 12.0 Å². The molecule has 0 radical (unpaired) electrons. The Morgan fingerprint density at radius 3 is 2.24 bits per heavy atom. The molecule has 21 heavy (non-hydrogen) atoms. The zero-order chi connectivity index (χ0) is 14.8. The van der Waals surface area contributed by atoms with Gasteiger partial charge < -0.3 is 4.74 Å². The molecular weight excluding hydrogens is 256 g/mol. The van der Waals surface area contributed by atoms with Crippen LogP contribution in [0.1, 0.15) is 44.6 Å². The number of ether oxygens (including phenoxy) is 1. The highest BCUT2D eigenvalue weighted by molar-refractivity contribution is 5.39. The van der Waals surface area contributed by atoms with Crippen molar-refractivity contribution in [3.05, 3.63) is 60.2 Å². The molecule has 0 aliphatic heterocycles. The minimum Gasteiger partial charge on any atom is -0.457 e. The maximum atomic E-state index is 5.76. The Hall–Kier alpha value is -2.20. The van der Waals surface area contributed by atoms with Gasteiger partial charge in [-0.15, -0.1) is 0 Å². The second-order valence-corrected chi connectivity index (χ2v) is 5.05. The minimum absolute atomic E-state index is 0.842. The summed E-state index contributed by atoms with van der Waals surface area (Å²) in [5.74, 6) is 8.14. The molecule has 1 nitrogen and oxygen atoms in total. The van der Waals surface area contributed by atoms with Crippen LogP contribution in [0.15, 0.2) is 54.6 Å². The summed E-state index contributed by atoms with van der Waals surface area (Å²) in [6.07, 6.45) is 6.07. The van der Waals surface area contributed by atoms with Crippen molar-refractivity contribution in [2.45, 2.75) is 39.0 Å². The molecule has 0 aliphatic rings. The Bertz CT molecular complexity index is 573. The van der Waals surface area contributed by atoms with Gasteiger partial charge in [-0.2, -0.15) is 0 Å². The number of hydrogen-bond acceptors (Lipinski definition) is 1. The van der Waals surface area contributed by atoms with Crippen molar-refractivity contribution >= 4 is 0 Å². The van der Waals surface area contributed by atoms with Crippen molar-refractivity contribution in [2.75, 3.05) is 0 Å². The van der Waals surface area contributed by atoms with Gasteiger partial charge in [-0.3, -0.25) is 0 Å². The van der Waals surface area contributed by atoms with Crippen molar-refractivity contribution in [3.8, 4) is 23.3 Å². The first-order valence-electron chi connectivity index (χ1n) is 7.70. The van der Waals surface area contributed by atoms with E-state index in [-0.39, 0.29) is 0 Å². The van der Waals surface area contributed by atoms with Crippen LogP contribution in [-0.4, -0.2) is 0 Å². The van der Waals surface area contributed by atoms with E-state index in [1.165, 1.54) is 25.7 Å². The largest absolute Gasteiger partial charge is 0.457 e. The number of benzene rings is 2. The van der Waals surface area contributed by atoms with Crippen LogP contribution in [0.5, 0.6) is 11.5 Å². The van der Waals surface area contributed by atoms with Crippen molar-refractivity contribution in [2.24, 2.45) is 0 Å². The second-order valence-electron chi connectivity index (χ2n) is 5.05. The quantitative estimate of drug-likeness (QED) is 0.479. The molecule has 0 aromatic heterocycles. The number of hydrogen-bond donors (Lipinski definition) is 0. The maximum absolute atomic E-state index is 5.76. The van der Waals surface area contributed by atoms with E-state index in [1.54, 1.807) is 0 Å². The molecule has 108 valence electrons. The average molecular weight is 278 g/mol. The predicted molar refractivity (Wildman–Crippen MR) is 88.6 cm³/mol. The van der Waals surface area contributed by atoms with Crippen molar-refractivity contribution in [1.29, 1.82) is 0 Å². The third-order valence-corrected chi connectivity index (χ3v) is 3.22. The lowest BCUT2D eigenvalue weighted by atomic mass is 10.1. The monoisotopic (exact) mass is 278 g/mol. The van der Waals surface area contributed by atoms with E-state index in [0.717, 1.165) is 23.5 Å². The fourth-order valence-corrected chi connectivity index (χ4v) is 2.04. The van der Waals surface area contributed by atoms with Gasteiger partial charge in [0.15, 0.2) is 0 Å². The van der Waals surface area contributed by atoms with Gasteiger partial charge in [0.1, 0.15) is 11.5 Å². The molecule has 2 aromatic rings. The molecule has 0 bridgehead atoms. The lowest BCUT2D eigenvalue weighted by Gasteiger charge is -2.04. The highest BCUT2D eigenvalue weighted by Gasteiger charge is 1.95. The molecule has 0 unspecified atom stereocenters. The van der Waals surface area contributed by atoms with Gasteiger partial charge in [-0.25, -0.2) is 0 Å². The average Bonchev–Trinajstić information content (AvgIpc) is 2.53. The Labute approximate surface area is 128 Å². The Balaban J connectivity index is 1.83. The Kier molecular flexibility index (Phi) is 6.42. The van der Waals surface area contributed by atoms with E-state index in [0.29, 0.717) is 0 Å². The van der Waals surface area contributed by atoms with E-state index >= 15 is 0 Å². The van der Waals surface area contributed by atoms with Gasteiger partial charge in [-0.05, 0) is 42.8 Å². The predicted octanol–water partition coefficient (Wildman–Crippen LogP) is 5.80. The second kappa shape index (κ2) is 8.87. The topological polar surface area (TPSA) is 9.23 Å². The van der Waals surface area contributed by atoms with Gasteiger partial charge in [0.25, 0.3) is 0 Å². The smallest absolute Gasteiger partial charge is 0.127 e. The van der Waals surface area contributed by atoms with E-state index in [4.69, 9.17) is 4.74 Å². The first-order valence-corrected chi connectivity index (χ1v) is 7.70. The molecule has 2 rings (SSSR count). The molecule has 0 fully saturated rings. The highest BCUT2D eigenvalue weighted by atomic mass is 16.5. The molecular formula is C20H22O. The Morgan fingerprint density at radius 2 is 1.52 bits per heavy atom. The molecule has 0 aliphatic carbocycles. The normalized spacial score (nSPS) is 9.76. The van der Waals surface area contributed by atoms with E-state index in [2.05, 4.69) is 18.8 Å². The van der Waals surface area contributed by atoms with Crippen molar-refractivity contribution < 1.29 is 4.74 Å². The van der Waals surface area contributed by atoms with Crippen LogP contribution in [0.4, 0.5) is 0 Å². The van der Waals surface area contributed by atoms with Crippen LogP contribution < -0.4 is 4.74 Å². The SMILES string of the molecule is CCCCCCC#Cc1ccc(Oc2ccccc2)cc1. The van der Waals surface area contributed by atoms with Crippen LogP contribution in [0.25, 0.3) is 0 Å². The molecule has 0 amide bonds. The standard InChI is InChI=1S/C20H22O/c1-2-3-4-5-6-8-11-18-14-16-20(17-15-18)21-19-12-9-7-10-13-19/h7,9-10,12-17H,2-6H2,1H3. The fraction of sp³-hybridized carbons (Fsp3) is 0.300. The summed E-state index contributed by atoms with van der Waals surface area (Å²) in [6.45, 7) is 2.23. The summed E-state index contributed by atoms with van der Waals surface area (Å²) in [4.78, 5) is 0. The van der Waals surface area contributed by atoms with E-state index in [1.807, 2.05) is 54.6 Å². The van der Waals surface area contributed by atoms with Gasteiger partial charge in [0.2, 0.25) is 0 Å². The highest BCUT2D eigenvalue weighted by Crippen LogP contribution is 2.20. The lowest BCUT2D eigenvalue weighted by Crippen LogP contribution is -1.83. The van der Waals surface area contributed by atoms with Crippen LogP contribution in [0, 0.1) is 11.8 Å². The van der Waals surface area contributed by atoms with Gasteiger partial charge in [0.05, 0.1) is 0 Å². The number of unbranched alkanes of at least 4 members (excludes halogenated alkanes) is 4. The first-order chi connectivity index (χ1) is 10.4. The number of rotatable bonds is 6. The third-order valence-electron chi connectivity index (χ3n) is 3.22. The molecule has 0 saturated heterocycles. The van der Waals surface area contributed by atoms with Crippen molar-refractivity contribution in [3.63, 3.8) is 0 Å². The zero-order valence-electron chi connectivity index (χ0n) is 12.6. The lowest BCUT2D eigenvalue weighted by molar-refractivity contribution is 0.482.